The van der Waals surface area contributed by atoms with E-state index in [9.17, 15) is 14.7 Å². The molecule has 0 bridgehead atoms. The normalized spacial score (nSPS) is 26.6. The number of esters is 1. The van der Waals surface area contributed by atoms with Crippen molar-refractivity contribution in [1.82, 2.24) is 10.2 Å². The van der Waals surface area contributed by atoms with Gasteiger partial charge in [-0.05, 0) is 18.6 Å². The minimum Gasteiger partial charge on any atom is -0.469 e. The summed E-state index contributed by atoms with van der Waals surface area (Å²) in [5.41, 5.74) is -0.106. The van der Waals surface area contributed by atoms with Gasteiger partial charge < -0.3 is 14.9 Å². The summed E-state index contributed by atoms with van der Waals surface area (Å²) in [6.45, 7) is 1.56. The first-order valence-electron chi connectivity index (χ1n) is 7.21. The van der Waals surface area contributed by atoms with Crippen molar-refractivity contribution in [1.29, 1.82) is 0 Å². The molecule has 0 radical (unpaired) electrons. The molecule has 7 heteroatoms. The minimum atomic E-state index is -1.38. The molecule has 1 aromatic carbocycles. The number of ether oxygens (including phenoxy) is 1. The molecule has 3 N–H and O–H groups in total. The number of nitrogens with one attached hydrogen (secondary N) is 2. The van der Waals surface area contributed by atoms with Crippen molar-refractivity contribution in [2.45, 2.75) is 24.9 Å². The third-order valence-electron chi connectivity index (χ3n) is 4.44. The third-order valence-corrected chi connectivity index (χ3v) is 4.79. The summed E-state index contributed by atoms with van der Waals surface area (Å²) >= 11 is 6.29. The highest BCUT2D eigenvalue weighted by Gasteiger charge is 2.51. The Hall–Kier alpha value is -2.05. The van der Waals surface area contributed by atoms with Crippen molar-refractivity contribution in [2.75, 3.05) is 7.11 Å². The number of hydrogen-bond acceptors (Lipinski definition) is 4. The summed E-state index contributed by atoms with van der Waals surface area (Å²) in [4.78, 5) is 24.6. The molecule has 1 aromatic heterocycles. The maximum Gasteiger partial charge on any atom is 0.312 e. The van der Waals surface area contributed by atoms with Gasteiger partial charge in [-0.2, -0.15) is 0 Å². The molecule has 3 rings (SSSR count). The summed E-state index contributed by atoms with van der Waals surface area (Å²) in [5.74, 6) is -2.20. The van der Waals surface area contributed by atoms with Crippen LogP contribution in [0.2, 0.25) is 5.02 Å². The first kappa shape index (κ1) is 15.8. The van der Waals surface area contributed by atoms with Gasteiger partial charge in [0.05, 0.1) is 18.6 Å². The number of carbonyl (C=O) groups is 1. The number of carbonyl (C=O) groups excluding carboxylic acids is 1. The number of methoxy groups -OCH3 is 1. The molecular weight excluding hydrogens is 320 g/mol. The number of aromatic nitrogens is 2. The van der Waals surface area contributed by atoms with Crippen molar-refractivity contribution >= 4 is 17.6 Å². The molecule has 6 nitrogen and oxygen atoms in total. The first-order valence-corrected chi connectivity index (χ1v) is 7.58. The number of benzene rings is 1. The lowest BCUT2D eigenvalue weighted by atomic mass is 9.66. The molecule has 1 heterocycles. The van der Waals surface area contributed by atoms with Crippen LogP contribution in [0.25, 0.3) is 0 Å². The standard InChI is InChI=1S/C16H17ClN2O4/c1-16(22)7-10-12(14(20)19-18-10)11(13(16)15(21)23-2)8-5-3-4-6-9(8)17/h3-6,11,13,22H,7H2,1-2H3,(H2,18,19,20). The highest BCUT2D eigenvalue weighted by molar-refractivity contribution is 6.31. The maximum atomic E-state index is 12.4. The van der Waals surface area contributed by atoms with Gasteiger partial charge in [-0.15, -0.1) is 0 Å². The predicted octanol–water partition coefficient (Wildman–Crippen LogP) is 1.58. The van der Waals surface area contributed by atoms with Crippen LogP contribution in [0.1, 0.15) is 29.7 Å². The number of aliphatic hydroxyl groups is 1. The van der Waals surface area contributed by atoms with Crippen LogP contribution in [0.4, 0.5) is 0 Å². The monoisotopic (exact) mass is 336 g/mol. The van der Waals surface area contributed by atoms with E-state index >= 15 is 0 Å². The zero-order valence-electron chi connectivity index (χ0n) is 12.7. The second-order valence-corrected chi connectivity index (χ2v) is 6.41. The van der Waals surface area contributed by atoms with Gasteiger partial charge in [0.2, 0.25) is 0 Å². The zero-order chi connectivity index (χ0) is 16.8. The smallest absolute Gasteiger partial charge is 0.312 e. The van der Waals surface area contributed by atoms with E-state index in [1.54, 1.807) is 31.2 Å². The summed E-state index contributed by atoms with van der Waals surface area (Å²) in [5, 5.41) is 16.6. The van der Waals surface area contributed by atoms with Gasteiger partial charge in [-0.25, -0.2) is 0 Å². The lowest BCUT2D eigenvalue weighted by Crippen LogP contribution is -2.50. The molecule has 0 spiro atoms. The SMILES string of the molecule is COC(=O)C1C(c2ccccc2Cl)c2c([nH][nH]c2=O)CC1(C)O. The van der Waals surface area contributed by atoms with E-state index < -0.39 is 23.4 Å². The summed E-state index contributed by atoms with van der Waals surface area (Å²) in [6, 6.07) is 6.98. The quantitative estimate of drug-likeness (QED) is 0.726. The summed E-state index contributed by atoms with van der Waals surface area (Å²) in [7, 11) is 1.26. The molecule has 3 unspecified atom stereocenters. The Morgan fingerprint density at radius 3 is 2.74 bits per heavy atom. The van der Waals surface area contributed by atoms with Crippen LogP contribution < -0.4 is 5.56 Å². The molecule has 23 heavy (non-hydrogen) atoms. The molecular formula is C16H17ClN2O4. The van der Waals surface area contributed by atoms with E-state index in [0.29, 0.717) is 21.8 Å². The molecule has 1 aliphatic rings. The van der Waals surface area contributed by atoms with Crippen molar-refractivity contribution in [3.63, 3.8) is 0 Å². The Morgan fingerprint density at radius 2 is 2.09 bits per heavy atom. The molecule has 1 aliphatic carbocycles. The van der Waals surface area contributed by atoms with Gasteiger partial charge in [0.25, 0.3) is 5.56 Å². The molecule has 0 fully saturated rings. The average molecular weight is 337 g/mol. The first-order chi connectivity index (χ1) is 10.9. The average Bonchev–Trinajstić information content (AvgIpc) is 2.85. The van der Waals surface area contributed by atoms with E-state index in [4.69, 9.17) is 16.3 Å². The van der Waals surface area contributed by atoms with Crippen molar-refractivity contribution in [2.24, 2.45) is 5.92 Å². The van der Waals surface area contributed by atoms with Gasteiger partial charge in [0.1, 0.15) is 0 Å². The number of aromatic amines is 2. The zero-order valence-corrected chi connectivity index (χ0v) is 13.5. The van der Waals surface area contributed by atoms with Crippen LogP contribution >= 0.6 is 11.6 Å². The van der Waals surface area contributed by atoms with Gasteiger partial charge in [0, 0.05) is 28.6 Å². The Morgan fingerprint density at radius 1 is 1.39 bits per heavy atom. The second kappa shape index (κ2) is 5.54. The minimum absolute atomic E-state index is 0.141. The molecule has 0 saturated heterocycles. The van der Waals surface area contributed by atoms with E-state index in [-0.39, 0.29) is 12.0 Å². The molecule has 0 aliphatic heterocycles. The largest absolute Gasteiger partial charge is 0.469 e. The van der Waals surface area contributed by atoms with Gasteiger partial charge in [-0.1, -0.05) is 29.8 Å². The van der Waals surface area contributed by atoms with Crippen LogP contribution in [0.3, 0.4) is 0 Å². The Bertz CT molecular complexity index is 808. The van der Waals surface area contributed by atoms with E-state index in [1.165, 1.54) is 7.11 Å². The van der Waals surface area contributed by atoms with Gasteiger partial charge in [-0.3, -0.25) is 14.7 Å². The number of hydrogen-bond donors (Lipinski definition) is 3. The number of H-pyrrole nitrogens is 2. The summed E-state index contributed by atoms with van der Waals surface area (Å²) in [6.07, 6.45) is 0.141. The van der Waals surface area contributed by atoms with Crippen LogP contribution in [0.5, 0.6) is 0 Å². The molecule has 0 saturated carbocycles. The Kier molecular flexibility index (Phi) is 3.82. The summed E-state index contributed by atoms with van der Waals surface area (Å²) < 4.78 is 4.88. The van der Waals surface area contributed by atoms with Crippen LogP contribution in [0.15, 0.2) is 29.1 Å². The third kappa shape index (κ3) is 2.48. The number of rotatable bonds is 2. The van der Waals surface area contributed by atoms with E-state index in [0.717, 1.165) is 0 Å². The molecule has 0 amide bonds. The second-order valence-electron chi connectivity index (χ2n) is 6.01. The van der Waals surface area contributed by atoms with Crippen molar-refractivity contribution in [3.8, 4) is 0 Å². The van der Waals surface area contributed by atoms with Crippen LogP contribution in [0, 0.1) is 5.92 Å². The topological polar surface area (TPSA) is 95.2 Å². The fraction of sp³-hybridized carbons (Fsp3) is 0.375. The highest BCUT2D eigenvalue weighted by atomic mass is 35.5. The van der Waals surface area contributed by atoms with Crippen LogP contribution in [-0.2, 0) is 16.0 Å². The number of fused-ring (bicyclic) bond motifs is 1. The van der Waals surface area contributed by atoms with Crippen molar-refractivity contribution in [3.05, 3.63) is 56.5 Å². The van der Waals surface area contributed by atoms with Crippen LogP contribution in [-0.4, -0.2) is 34.0 Å². The lowest BCUT2D eigenvalue weighted by molar-refractivity contribution is -0.156. The van der Waals surface area contributed by atoms with Gasteiger partial charge in [0.15, 0.2) is 0 Å². The van der Waals surface area contributed by atoms with Crippen molar-refractivity contribution < 1.29 is 14.6 Å². The Balaban J connectivity index is 2.29. The number of halogens is 1. The predicted molar refractivity (Wildman–Crippen MR) is 84.5 cm³/mol. The fourth-order valence-corrected chi connectivity index (χ4v) is 3.70. The molecule has 3 atom stereocenters. The highest BCUT2D eigenvalue weighted by Crippen LogP contribution is 2.46. The van der Waals surface area contributed by atoms with E-state index in [2.05, 4.69) is 10.2 Å². The molecule has 2 aromatic rings. The molecule has 122 valence electrons. The van der Waals surface area contributed by atoms with Gasteiger partial charge >= 0.3 is 5.97 Å². The fourth-order valence-electron chi connectivity index (χ4n) is 3.45. The lowest BCUT2D eigenvalue weighted by Gasteiger charge is -2.40. The maximum absolute atomic E-state index is 12.4. The van der Waals surface area contributed by atoms with E-state index in [1.807, 2.05) is 0 Å². The Labute approximate surface area is 137 Å².